The molecule has 0 unspecified atom stereocenters. The molecule has 0 aliphatic carbocycles. The summed E-state index contributed by atoms with van der Waals surface area (Å²) in [5, 5.41) is 11.6. The highest BCUT2D eigenvalue weighted by atomic mass is 19.4. The van der Waals surface area contributed by atoms with Crippen LogP contribution in [0.25, 0.3) is 11.4 Å². The van der Waals surface area contributed by atoms with Crippen molar-refractivity contribution in [2.45, 2.75) is 19.1 Å². The smallest absolute Gasteiger partial charge is 0.292 e. The number of hydrogen-bond acceptors (Lipinski definition) is 4. The zero-order chi connectivity index (χ0) is 18.0. The monoisotopic (exact) mass is 346 g/mol. The van der Waals surface area contributed by atoms with Crippen molar-refractivity contribution >= 4 is 5.78 Å². The van der Waals surface area contributed by atoms with Crippen LogP contribution in [0.5, 0.6) is 0 Å². The van der Waals surface area contributed by atoms with Gasteiger partial charge in [0.1, 0.15) is 6.04 Å². The fourth-order valence-corrected chi connectivity index (χ4v) is 2.29. The summed E-state index contributed by atoms with van der Waals surface area (Å²) in [6, 6.07) is 12.5. The van der Waals surface area contributed by atoms with Gasteiger partial charge in [-0.05, 0) is 24.3 Å². The average molecular weight is 346 g/mol. The third-order valence-electron chi connectivity index (χ3n) is 3.66. The van der Waals surface area contributed by atoms with Crippen molar-refractivity contribution in [2.24, 2.45) is 0 Å². The highest BCUT2D eigenvalue weighted by molar-refractivity contribution is 5.98. The Morgan fingerprint density at radius 1 is 1.08 bits per heavy atom. The third-order valence-corrected chi connectivity index (χ3v) is 3.66. The van der Waals surface area contributed by atoms with Crippen molar-refractivity contribution < 1.29 is 18.0 Å². The molecule has 1 atom stereocenters. The van der Waals surface area contributed by atoms with Gasteiger partial charge in [0, 0.05) is 11.1 Å². The van der Waals surface area contributed by atoms with Crippen LogP contribution in [-0.4, -0.2) is 26.0 Å². The van der Waals surface area contributed by atoms with E-state index in [1.54, 1.807) is 37.3 Å². The Bertz CT molecular complexity index is 890. The molecule has 0 aliphatic rings. The van der Waals surface area contributed by atoms with Crippen LogP contribution in [0.4, 0.5) is 13.2 Å². The van der Waals surface area contributed by atoms with Gasteiger partial charge in [-0.25, -0.2) is 0 Å². The van der Waals surface area contributed by atoms with Crippen LogP contribution in [0.1, 0.15) is 28.9 Å². The van der Waals surface area contributed by atoms with Gasteiger partial charge in [0.2, 0.25) is 5.82 Å². The molecule has 3 aromatic rings. The van der Waals surface area contributed by atoms with Gasteiger partial charge < -0.3 is 0 Å². The summed E-state index contributed by atoms with van der Waals surface area (Å²) in [5.41, 5.74) is -0.122. The fourth-order valence-electron chi connectivity index (χ4n) is 2.29. The number of halogens is 3. The van der Waals surface area contributed by atoms with E-state index in [1.165, 1.54) is 12.1 Å². The number of ketones is 1. The zero-order valence-corrected chi connectivity index (χ0v) is 13.1. The minimum absolute atomic E-state index is 0.0267. The Morgan fingerprint density at radius 3 is 2.48 bits per heavy atom. The minimum atomic E-state index is -4.46. The predicted octanol–water partition coefficient (Wildman–Crippen LogP) is 3.80. The topological polar surface area (TPSA) is 60.7 Å². The van der Waals surface area contributed by atoms with Crippen molar-refractivity contribution in [2.75, 3.05) is 0 Å². The molecule has 128 valence electrons. The Hall–Kier alpha value is -3.03. The number of hydrogen-bond donors (Lipinski definition) is 0. The first-order chi connectivity index (χ1) is 11.9. The molecule has 0 aliphatic heterocycles. The molecule has 2 aromatic carbocycles. The van der Waals surface area contributed by atoms with Crippen LogP contribution in [0.3, 0.4) is 0 Å². The summed E-state index contributed by atoms with van der Waals surface area (Å²) < 4.78 is 38.4. The van der Waals surface area contributed by atoms with E-state index in [1.807, 2.05) is 0 Å². The van der Waals surface area contributed by atoms with Crippen molar-refractivity contribution in [1.29, 1.82) is 0 Å². The van der Waals surface area contributed by atoms with Crippen molar-refractivity contribution in [3.05, 3.63) is 65.7 Å². The number of benzene rings is 2. The van der Waals surface area contributed by atoms with E-state index in [2.05, 4.69) is 15.4 Å². The standard InChI is InChI=1S/C17H13F3N4O/c1-11(15(25)12-6-3-2-4-7-12)24-22-16(21-23-24)13-8-5-9-14(10-13)17(18,19)20/h2-11H,1H3/t11-/m0/s1. The molecule has 0 saturated heterocycles. The normalized spacial score (nSPS) is 12.8. The van der Waals surface area contributed by atoms with Crippen LogP contribution in [0.15, 0.2) is 54.6 Å². The van der Waals surface area contributed by atoms with Crippen molar-refractivity contribution in [3.8, 4) is 11.4 Å². The average Bonchev–Trinajstić information content (AvgIpc) is 3.11. The second kappa shape index (κ2) is 6.46. The molecule has 1 heterocycles. The third kappa shape index (κ3) is 3.57. The van der Waals surface area contributed by atoms with Gasteiger partial charge in [0.25, 0.3) is 0 Å². The Kier molecular flexibility index (Phi) is 4.35. The Morgan fingerprint density at radius 2 is 1.80 bits per heavy atom. The number of carbonyl (C=O) groups is 1. The van der Waals surface area contributed by atoms with Gasteiger partial charge in [0.05, 0.1) is 5.56 Å². The van der Waals surface area contributed by atoms with Crippen molar-refractivity contribution in [1.82, 2.24) is 20.2 Å². The SMILES string of the molecule is C[C@@H](C(=O)c1ccccc1)n1nnc(-c2cccc(C(F)(F)F)c2)n1. The molecule has 0 N–H and O–H groups in total. The second-order valence-electron chi connectivity index (χ2n) is 5.42. The highest BCUT2D eigenvalue weighted by Crippen LogP contribution is 2.31. The molecule has 0 fully saturated rings. The van der Waals surface area contributed by atoms with Gasteiger partial charge in [-0.15, -0.1) is 10.2 Å². The van der Waals surface area contributed by atoms with E-state index in [0.717, 1.165) is 16.9 Å². The maximum absolute atomic E-state index is 12.8. The molecule has 0 amide bonds. The van der Waals surface area contributed by atoms with E-state index in [-0.39, 0.29) is 17.2 Å². The van der Waals surface area contributed by atoms with E-state index in [4.69, 9.17) is 0 Å². The molecule has 3 rings (SSSR count). The Labute approximate surface area is 141 Å². The molecule has 0 radical (unpaired) electrons. The van der Waals surface area contributed by atoms with E-state index in [9.17, 15) is 18.0 Å². The maximum Gasteiger partial charge on any atom is 0.416 e. The van der Waals surface area contributed by atoms with Gasteiger partial charge in [-0.3, -0.25) is 4.79 Å². The van der Waals surface area contributed by atoms with Gasteiger partial charge in [-0.1, -0.05) is 42.5 Å². The summed E-state index contributed by atoms with van der Waals surface area (Å²) in [6.45, 7) is 1.60. The summed E-state index contributed by atoms with van der Waals surface area (Å²) in [4.78, 5) is 13.5. The number of nitrogens with zero attached hydrogens (tertiary/aromatic N) is 4. The molecule has 0 bridgehead atoms. The summed E-state index contributed by atoms with van der Waals surface area (Å²) >= 11 is 0. The molecule has 25 heavy (non-hydrogen) atoms. The predicted molar refractivity (Wildman–Crippen MR) is 83.7 cm³/mol. The van der Waals surface area contributed by atoms with Gasteiger partial charge >= 0.3 is 6.18 Å². The number of alkyl halides is 3. The zero-order valence-electron chi connectivity index (χ0n) is 13.1. The quantitative estimate of drug-likeness (QED) is 0.674. The van der Waals surface area contributed by atoms with E-state index < -0.39 is 17.8 Å². The molecular formula is C17H13F3N4O. The van der Waals surface area contributed by atoms with E-state index in [0.29, 0.717) is 5.56 Å². The summed E-state index contributed by atoms with van der Waals surface area (Å²) in [6.07, 6.45) is -4.46. The summed E-state index contributed by atoms with van der Waals surface area (Å²) in [5.74, 6) is -0.188. The molecule has 8 heteroatoms. The first-order valence-corrected chi connectivity index (χ1v) is 7.42. The molecule has 1 aromatic heterocycles. The molecule has 0 spiro atoms. The van der Waals surface area contributed by atoms with E-state index >= 15 is 0 Å². The number of aromatic nitrogens is 4. The minimum Gasteiger partial charge on any atom is -0.292 e. The molecule has 5 nitrogen and oxygen atoms in total. The van der Waals surface area contributed by atoms with Gasteiger partial charge in [-0.2, -0.15) is 18.0 Å². The Balaban J connectivity index is 1.87. The van der Waals surface area contributed by atoms with Gasteiger partial charge in [0.15, 0.2) is 5.78 Å². The lowest BCUT2D eigenvalue weighted by Crippen LogP contribution is -2.19. The number of rotatable bonds is 4. The lowest BCUT2D eigenvalue weighted by atomic mass is 10.1. The maximum atomic E-state index is 12.8. The summed E-state index contributed by atoms with van der Waals surface area (Å²) in [7, 11) is 0. The molecule has 0 saturated carbocycles. The number of carbonyl (C=O) groups excluding carboxylic acids is 1. The van der Waals surface area contributed by atoms with Crippen LogP contribution in [-0.2, 0) is 6.18 Å². The first kappa shape index (κ1) is 16.8. The second-order valence-corrected chi connectivity index (χ2v) is 5.42. The first-order valence-electron chi connectivity index (χ1n) is 7.42. The fraction of sp³-hybridized carbons (Fsp3) is 0.176. The highest BCUT2D eigenvalue weighted by Gasteiger charge is 2.31. The van der Waals surface area contributed by atoms with Crippen LogP contribution < -0.4 is 0 Å². The lowest BCUT2D eigenvalue weighted by Gasteiger charge is -2.08. The van der Waals surface area contributed by atoms with Crippen molar-refractivity contribution in [3.63, 3.8) is 0 Å². The van der Waals surface area contributed by atoms with Crippen LogP contribution >= 0.6 is 0 Å². The lowest BCUT2D eigenvalue weighted by molar-refractivity contribution is -0.137. The van der Waals surface area contributed by atoms with Crippen LogP contribution in [0, 0.1) is 0 Å². The molecular weight excluding hydrogens is 333 g/mol. The number of Topliss-reactive ketones (excluding diaryl/α,β-unsaturated/α-hetero) is 1. The largest absolute Gasteiger partial charge is 0.416 e. The van der Waals surface area contributed by atoms with Crippen LogP contribution in [0.2, 0.25) is 0 Å². The number of tetrazole rings is 1.